The number of ether oxygens (including phenoxy) is 1. The van der Waals surface area contributed by atoms with Gasteiger partial charge in [0.15, 0.2) is 6.10 Å². The van der Waals surface area contributed by atoms with Crippen molar-refractivity contribution in [3.63, 3.8) is 0 Å². The summed E-state index contributed by atoms with van der Waals surface area (Å²) < 4.78 is 5.84. The number of aryl methyl sites for hydroxylation is 2. The summed E-state index contributed by atoms with van der Waals surface area (Å²) in [6.07, 6.45) is -0.689. The van der Waals surface area contributed by atoms with Gasteiger partial charge in [0.25, 0.3) is 5.91 Å². The van der Waals surface area contributed by atoms with Crippen LogP contribution in [0.5, 0.6) is 5.75 Å². The Morgan fingerprint density at radius 3 is 2.71 bits per heavy atom. The van der Waals surface area contributed by atoms with E-state index in [0.717, 1.165) is 11.1 Å². The van der Waals surface area contributed by atoms with Gasteiger partial charge in [-0.15, -0.1) is 0 Å². The van der Waals surface area contributed by atoms with Crippen molar-refractivity contribution < 1.29 is 14.3 Å². The van der Waals surface area contributed by atoms with Gasteiger partial charge in [-0.25, -0.2) is 0 Å². The van der Waals surface area contributed by atoms with Crippen LogP contribution < -0.4 is 15.0 Å². The van der Waals surface area contributed by atoms with E-state index < -0.39 is 6.10 Å². The third kappa shape index (κ3) is 3.11. The number of fused-ring (bicyclic) bond motifs is 1. The fourth-order valence-corrected chi connectivity index (χ4v) is 2.82. The smallest absolute Gasteiger partial charge is 0.268 e. The topological polar surface area (TPSA) is 58.6 Å². The SMILES string of the molecule is Cc1ccc(O[C@@H](C)C(=O)N2CC(=O)Nc3ccccc32)c(C)c1. The zero-order valence-corrected chi connectivity index (χ0v) is 14.0. The predicted molar refractivity (Wildman–Crippen MR) is 93.4 cm³/mol. The second-order valence-electron chi connectivity index (χ2n) is 6.02. The second kappa shape index (κ2) is 6.35. The standard InChI is InChI=1S/C19H20N2O3/c1-12-8-9-17(13(2)10-12)24-14(3)19(23)21-11-18(22)20-15-6-4-5-7-16(15)21/h4-10,14H,11H2,1-3H3,(H,20,22)/t14-/m0/s1. The number of carbonyl (C=O) groups is 2. The molecule has 0 aliphatic carbocycles. The minimum absolute atomic E-state index is 0.00354. The minimum atomic E-state index is -0.689. The summed E-state index contributed by atoms with van der Waals surface area (Å²) in [5.74, 6) is 0.231. The van der Waals surface area contributed by atoms with Gasteiger partial charge in [0.05, 0.1) is 11.4 Å². The fraction of sp³-hybridized carbons (Fsp3) is 0.263. The highest BCUT2D eigenvalue weighted by molar-refractivity contribution is 6.10. The van der Waals surface area contributed by atoms with E-state index in [-0.39, 0.29) is 18.4 Å². The Morgan fingerprint density at radius 1 is 1.21 bits per heavy atom. The van der Waals surface area contributed by atoms with E-state index in [1.165, 1.54) is 4.90 Å². The molecule has 0 saturated heterocycles. The van der Waals surface area contributed by atoms with Gasteiger partial charge >= 0.3 is 0 Å². The Morgan fingerprint density at radius 2 is 1.96 bits per heavy atom. The van der Waals surface area contributed by atoms with Crippen molar-refractivity contribution in [3.05, 3.63) is 53.6 Å². The molecular formula is C19H20N2O3. The molecule has 24 heavy (non-hydrogen) atoms. The molecule has 1 aliphatic heterocycles. The summed E-state index contributed by atoms with van der Waals surface area (Å²) in [7, 11) is 0. The summed E-state index contributed by atoms with van der Waals surface area (Å²) in [6, 6.07) is 13.1. The number of nitrogens with one attached hydrogen (secondary N) is 1. The number of para-hydroxylation sites is 2. The Balaban J connectivity index is 1.82. The lowest BCUT2D eigenvalue weighted by Gasteiger charge is -2.31. The molecule has 3 rings (SSSR count). The van der Waals surface area contributed by atoms with Gasteiger partial charge in [0.1, 0.15) is 12.3 Å². The maximum absolute atomic E-state index is 12.8. The lowest BCUT2D eigenvalue weighted by atomic mass is 10.1. The number of benzene rings is 2. The number of anilines is 2. The maximum atomic E-state index is 12.8. The molecule has 0 fully saturated rings. The summed E-state index contributed by atoms with van der Waals surface area (Å²) in [4.78, 5) is 26.2. The van der Waals surface area contributed by atoms with Gasteiger partial charge < -0.3 is 10.1 Å². The molecule has 124 valence electrons. The molecule has 2 amide bonds. The first-order valence-electron chi connectivity index (χ1n) is 7.90. The van der Waals surface area contributed by atoms with Crippen molar-refractivity contribution in [1.82, 2.24) is 0 Å². The number of hydrogen-bond donors (Lipinski definition) is 1. The lowest BCUT2D eigenvalue weighted by Crippen LogP contribution is -2.47. The molecule has 5 heteroatoms. The van der Waals surface area contributed by atoms with Gasteiger partial charge in [0, 0.05) is 0 Å². The zero-order valence-electron chi connectivity index (χ0n) is 14.0. The van der Waals surface area contributed by atoms with E-state index in [2.05, 4.69) is 5.32 Å². The van der Waals surface area contributed by atoms with Crippen molar-refractivity contribution in [2.75, 3.05) is 16.8 Å². The molecule has 0 saturated carbocycles. The van der Waals surface area contributed by atoms with Gasteiger partial charge in [-0.3, -0.25) is 14.5 Å². The first kappa shape index (κ1) is 16.1. The van der Waals surface area contributed by atoms with Crippen LogP contribution in [0.3, 0.4) is 0 Å². The monoisotopic (exact) mass is 324 g/mol. The molecule has 5 nitrogen and oxygen atoms in total. The highest BCUT2D eigenvalue weighted by atomic mass is 16.5. The van der Waals surface area contributed by atoms with Crippen molar-refractivity contribution in [2.45, 2.75) is 26.9 Å². The average molecular weight is 324 g/mol. The van der Waals surface area contributed by atoms with E-state index >= 15 is 0 Å². The Hall–Kier alpha value is -2.82. The van der Waals surface area contributed by atoms with Crippen LogP contribution in [-0.4, -0.2) is 24.5 Å². The molecule has 0 radical (unpaired) electrons. The zero-order chi connectivity index (χ0) is 17.3. The highest BCUT2D eigenvalue weighted by Crippen LogP contribution is 2.30. The van der Waals surface area contributed by atoms with Crippen molar-refractivity contribution in [2.24, 2.45) is 0 Å². The van der Waals surface area contributed by atoms with Gasteiger partial charge in [-0.2, -0.15) is 0 Å². The molecule has 1 heterocycles. The normalized spacial score (nSPS) is 14.6. The highest BCUT2D eigenvalue weighted by Gasteiger charge is 2.30. The molecular weight excluding hydrogens is 304 g/mol. The van der Waals surface area contributed by atoms with Crippen LogP contribution in [0.25, 0.3) is 0 Å². The Labute approximate surface area is 141 Å². The quantitative estimate of drug-likeness (QED) is 0.944. The summed E-state index contributed by atoms with van der Waals surface area (Å²) >= 11 is 0. The van der Waals surface area contributed by atoms with E-state index in [1.54, 1.807) is 13.0 Å². The molecule has 1 atom stereocenters. The van der Waals surface area contributed by atoms with E-state index in [1.807, 2.05) is 50.2 Å². The van der Waals surface area contributed by atoms with Gasteiger partial charge in [-0.1, -0.05) is 29.8 Å². The Kier molecular flexibility index (Phi) is 4.25. The van der Waals surface area contributed by atoms with E-state index in [0.29, 0.717) is 17.1 Å². The van der Waals surface area contributed by atoms with Crippen LogP contribution in [-0.2, 0) is 9.59 Å². The third-order valence-electron chi connectivity index (χ3n) is 4.02. The fourth-order valence-electron chi connectivity index (χ4n) is 2.82. The lowest BCUT2D eigenvalue weighted by molar-refractivity contribution is -0.126. The van der Waals surface area contributed by atoms with E-state index in [9.17, 15) is 9.59 Å². The van der Waals surface area contributed by atoms with Crippen LogP contribution in [0.1, 0.15) is 18.1 Å². The average Bonchev–Trinajstić information content (AvgIpc) is 2.55. The number of hydrogen-bond acceptors (Lipinski definition) is 3. The van der Waals surface area contributed by atoms with Crippen molar-refractivity contribution in [3.8, 4) is 5.75 Å². The number of amides is 2. The molecule has 0 aromatic heterocycles. The van der Waals surface area contributed by atoms with Crippen LogP contribution >= 0.6 is 0 Å². The number of nitrogens with zero attached hydrogens (tertiary/aromatic N) is 1. The van der Waals surface area contributed by atoms with Gasteiger partial charge in [-0.05, 0) is 44.5 Å². The Bertz CT molecular complexity index is 801. The minimum Gasteiger partial charge on any atom is -0.481 e. The van der Waals surface area contributed by atoms with Crippen LogP contribution in [0, 0.1) is 13.8 Å². The number of rotatable bonds is 3. The second-order valence-corrected chi connectivity index (χ2v) is 6.02. The predicted octanol–water partition coefficient (Wildman–Crippen LogP) is 3.06. The van der Waals surface area contributed by atoms with Crippen LogP contribution in [0.15, 0.2) is 42.5 Å². The van der Waals surface area contributed by atoms with Crippen molar-refractivity contribution >= 4 is 23.2 Å². The molecule has 1 N–H and O–H groups in total. The molecule has 2 aromatic carbocycles. The molecule has 0 unspecified atom stereocenters. The first-order chi connectivity index (χ1) is 11.5. The molecule has 0 spiro atoms. The van der Waals surface area contributed by atoms with E-state index in [4.69, 9.17) is 4.74 Å². The summed E-state index contributed by atoms with van der Waals surface area (Å²) in [6.45, 7) is 5.66. The molecule has 1 aliphatic rings. The van der Waals surface area contributed by atoms with Crippen LogP contribution in [0.4, 0.5) is 11.4 Å². The summed E-state index contributed by atoms with van der Waals surface area (Å²) in [5, 5.41) is 2.78. The van der Waals surface area contributed by atoms with Crippen LogP contribution in [0.2, 0.25) is 0 Å². The summed E-state index contributed by atoms with van der Waals surface area (Å²) in [5.41, 5.74) is 3.45. The van der Waals surface area contributed by atoms with Gasteiger partial charge in [0.2, 0.25) is 5.91 Å². The largest absolute Gasteiger partial charge is 0.481 e. The molecule has 0 bridgehead atoms. The molecule has 2 aromatic rings. The first-order valence-corrected chi connectivity index (χ1v) is 7.90. The maximum Gasteiger partial charge on any atom is 0.268 e. The van der Waals surface area contributed by atoms with Crippen molar-refractivity contribution in [1.29, 1.82) is 0 Å². The number of carbonyl (C=O) groups excluding carboxylic acids is 2. The third-order valence-corrected chi connectivity index (χ3v) is 4.02.